The number of aliphatic carboxylic acids is 1. The third-order valence-electron chi connectivity index (χ3n) is 2.36. The van der Waals surface area contributed by atoms with E-state index in [2.05, 4.69) is 17.5 Å². The van der Waals surface area contributed by atoms with Crippen LogP contribution in [0.3, 0.4) is 0 Å². The van der Waals surface area contributed by atoms with E-state index in [1.807, 2.05) is 0 Å². The van der Waals surface area contributed by atoms with Crippen LogP contribution in [-0.4, -0.2) is 34.0 Å². The van der Waals surface area contributed by atoms with Gasteiger partial charge in [-0.3, -0.25) is 4.79 Å². The Morgan fingerprint density at radius 1 is 1.62 bits per heavy atom. The summed E-state index contributed by atoms with van der Waals surface area (Å²) in [6, 6.07) is -0.780. The molecule has 16 heavy (non-hydrogen) atoms. The first-order valence-corrected chi connectivity index (χ1v) is 6.42. The number of carboxylic acid groups (broad SMARTS) is 1. The highest BCUT2D eigenvalue weighted by molar-refractivity contribution is 8.00. The number of carbonyl (C=O) groups is 2. The molecule has 0 fully saturated rings. The van der Waals surface area contributed by atoms with Gasteiger partial charge in [0, 0.05) is 17.9 Å². The Kier molecular flexibility index (Phi) is 5.38. The van der Waals surface area contributed by atoms with E-state index in [9.17, 15) is 9.59 Å². The molecule has 0 radical (unpaired) electrons. The third kappa shape index (κ3) is 4.70. The van der Waals surface area contributed by atoms with E-state index in [-0.39, 0.29) is 5.91 Å². The topological polar surface area (TPSA) is 66.4 Å². The molecule has 1 aliphatic rings. The number of thioether (sulfide) groups is 1. The number of allylic oxidation sites excluding steroid dienone is 1. The monoisotopic (exact) mass is 243 g/mol. The Hall–Kier alpha value is -0.970. The van der Waals surface area contributed by atoms with Gasteiger partial charge in [-0.25, -0.2) is 4.79 Å². The Morgan fingerprint density at radius 2 is 2.38 bits per heavy atom. The van der Waals surface area contributed by atoms with Crippen LogP contribution in [0, 0.1) is 0 Å². The fraction of sp³-hybridized carbons (Fsp3) is 0.636. The Balaban J connectivity index is 2.36. The van der Waals surface area contributed by atoms with Crippen LogP contribution in [0.25, 0.3) is 0 Å². The van der Waals surface area contributed by atoms with Crippen LogP contribution in [0.5, 0.6) is 0 Å². The van der Waals surface area contributed by atoms with Gasteiger partial charge in [-0.2, -0.15) is 11.8 Å². The van der Waals surface area contributed by atoms with Crippen molar-refractivity contribution in [2.75, 3.05) is 5.75 Å². The van der Waals surface area contributed by atoms with Crippen molar-refractivity contribution in [3.63, 3.8) is 0 Å². The normalized spacial score (nSPS) is 21.4. The zero-order valence-electron chi connectivity index (χ0n) is 9.31. The number of amides is 1. The largest absolute Gasteiger partial charge is 0.480 e. The van der Waals surface area contributed by atoms with Gasteiger partial charge in [0.25, 0.3) is 0 Å². The second-order valence-corrected chi connectivity index (χ2v) is 5.09. The molecule has 2 N–H and O–H groups in total. The van der Waals surface area contributed by atoms with Crippen LogP contribution < -0.4 is 5.32 Å². The van der Waals surface area contributed by atoms with Crippen LogP contribution >= 0.6 is 11.8 Å². The molecular weight excluding hydrogens is 226 g/mol. The van der Waals surface area contributed by atoms with E-state index in [0.29, 0.717) is 11.0 Å². The van der Waals surface area contributed by atoms with E-state index in [4.69, 9.17) is 5.11 Å². The highest BCUT2D eigenvalue weighted by Crippen LogP contribution is 2.23. The Labute approximate surface area is 99.5 Å². The van der Waals surface area contributed by atoms with Crippen molar-refractivity contribution < 1.29 is 14.7 Å². The van der Waals surface area contributed by atoms with Gasteiger partial charge in [-0.05, 0) is 19.3 Å². The number of rotatable bonds is 5. The minimum absolute atomic E-state index is 0.299. The summed E-state index contributed by atoms with van der Waals surface area (Å²) < 4.78 is 0. The molecule has 2 atom stereocenters. The van der Waals surface area contributed by atoms with Crippen LogP contribution in [0.15, 0.2) is 12.2 Å². The van der Waals surface area contributed by atoms with E-state index >= 15 is 0 Å². The number of nitrogens with one attached hydrogen (secondary N) is 1. The number of hydrogen-bond acceptors (Lipinski definition) is 3. The molecule has 0 aromatic heterocycles. The molecule has 0 bridgehead atoms. The van der Waals surface area contributed by atoms with E-state index in [1.165, 1.54) is 6.92 Å². The highest BCUT2D eigenvalue weighted by atomic mass is 32.2. The minimum Gasteiger partial charge on any atom is -0.480 e. The Bertz CT molecular complexity index is 291. The molecule has 1 unspecified atom stereocenters. The molecule has 1 aliphatic carbocycles. The van der Waals surface area contributed by atoms with E-state index in [1.54, 1.807) is 11.8 Å². The van der Waals surface area contributed by atoms with Crippen LogP contribution in [0.4, 0.5) is 0 Å². The minimum atomic E-state index is -0.970. The summed E-state index contributed by atoms with van der Waals surface area (Å²) in [5.41, 5.74) is 0. The van der Waals surface area contributed by atoms with Crippen LogP contribution in [0.1, 0.15) is 26.2 Å². The predicted octanol–water partition coefficient (Wildman–Crippen LogP) is 1.42. The van der Waals surface area contributed by atoms with Crippen LogP contribution in [0.2, 0.25) is 0 Å². The lowest BCUT2D eigenvalue weighted by atomic mass is 10.1. The van der Waals surface area contributed by atoms with E-state index in [0.717, 1.165) is 19.3 Å². The molecule has 1 amide bonds. The number of carboxylic acids is 1. The fourth-order valence-electron chi connectivity index (χ4n) is 1.56. The van der Waals surface area contributed by atoms with Gasteiger partial charge < -0.3 is 10.4 Å². The Morgan fingerprint density at radius 3 is 2.88 bits per heavy atom. The molecule has 4 nitrogen and oxygen atoms in total. The maximum atomic E-state index is 10.9. The first-order chi connectivity index (χ1) is 7.59. The summed E-state index contributed by atoms with van der Waals surface area (Å²) in [6.45, 7) is 1.33. The van der Waals surface area contributed by atoms with Gasteiger partial charge in [0.05, 0.1) is 0 Å². The van der Waals surface area contributed by atoms with Gasteiger partial charge >= 0.3 is 5.97 Å². The van der Waals surface area contributed by atoms with Crippen molar-refractivity contribution in [1.29, 1.82) is 0 Å². The average Bonchev–Trinajstić information content (AvgIpc) is 2.25. The molecule has 0 saturated heterocycles. The molecule has 0 aromatic carbocycles. The van der Waals surface area contributed by atoms with Gasteiger partial charge in [0.2, 0.25) is 5.91 Å². The zero-order valence-corrected chi connectivity index (χ0v) is 10.1. The summed E-state index contributed by atoms with van der Waals surface area (Å²) in [7, 11) is 0. The molecule has 5 heteroatoms. The maximum Gasteiger partial charge on any atom is 0.327 e. The quantitative estimate of drug-likeness (QED) is 0.717. The van der Waals surface area contributed by atoms with Gasteiger partial charge in [0.1, 0.15) is 6.04 Å². The second-order valence-electron chi connectivity index (χ2n) is 3.82. The molecule has 0 heterocycles. The predicted molar refractivity (Wildman–Crippen MR) is 64.5 cm³/mol. The third-order valence-corrected chi connectivity index (χ3v) is 3.71. The highest BCUT2D eigenvalue weighted by Gasteiger charge is 2.20. The molecule has 0 aliphatic heterocycles. The molecule has 1 rings (SSSR count). The lowest BCUT2D eigenvalue weighted by molar-refractivity contribution is -0.140. The first kappa shape index (κ1) is 13.1. The lowest BCUT2D eigenvalue weighted by Crippen LogP contribution is -2.41. The molecule has 0 saturated carbocycles. The van der Waals surface area contributed by atoms with Crippen molar-refractivity contribution in [1.82, 2.24) is 5.32 Å². The summed E-state index contributed by atoms with van der Waals surface area (Å²) in [6.07, 6.45) is 7.63. The lowest BCUT2D eigenvalue weighted by Gasteiger charge is -2.18. The summed E-state index contributed by atoms with van der Waals surface area (Å²) in [4.78, 5) is 21.7. The summed E-state index contributed by atoms with van der Waals surface area (Å²) in [5, 5.41) is 11.7. The smallest absolute Gasteiger partial charge is 0.327 e. The zero-order chi connectivity index (χ0) is 12.0. The van der Waals surface area contributed by atoms with E-state index < -0.39 is 12.0 Å². The molecule has 0 aromatic rings. The van der Waals surface area contributed by atoms with Gasteiger partial charge in [-0.15, -0.1) is 0 Å². The molecule has 0 spiro atoms. The average molecular weight is 243 g/mol. The van der Waals surface area contributed by atoms with Crippen molar-refractivity contribution in [3.8, 4) is 0 Å². The molecule has 90 valence electrons. The SMILES string of the molecule is CC(=O)N[C@@H](CSC1C=CCCC1)C(=O)O. The standard InChI is InChI=1S/C11H17NO3S/c1-8(13)12-10(11(14)15)7-16-9-5-3-2-4-6-9/h3,5,9-10H,2,4,6-7H2,1H3,(H,12,13)(H,14,15)/t9?,10-/m0/s1. The molecular formula is C11H17NO3S. The fourth-order valence-corrected chi connectivity index (χ4v) is 2.78. The van der Waals surface area contributed by atoms with Gasteiger partial charge in [0.15, 0.2) is 0 Å². The van der Waals surface area contributed by atoms with Crippen molar-refractivity contribution in [2.45, 2.75) is 37.5 Å². The first-order valence-electron chi connectivity index (χ1n) is 5.37. The summed E-state index contributed by atoms with van der Waals surface area (Å²) in [5.74, 6) is -0.848. The summed E-state index contributed by atoms with van der Waals surface area (Å²) >= 11 is 1.59. The van der Waals surface area contributed by atoms with Crippen molar-refractivity contribution in [2.24, 2.45) is 0 Å². The number of carbonyl (C=O) groups excluding carboxylic acids is 1. The number of hydrogen-bond donors (Lipinski definition) is 2. The van der Waals surface area contributed by atoms with Crippen molar-refractivity contribution >= 4 is 23.6 Å². The van der Waals surface area contributed by atoms with Crippen LogP contribution in [-0.2, 0) is 9.59 Å². The van der Waals surface area contributed by atoms with Crippen molar-refractivity contribution in [3.05, 3.63) is 12.2 Å². The maximum absolute atomic E-state index is 10.9. The van der Waals surface area contributed by atoms with Gasteiger partial charge in [-0.1, -0.05) is 12.2 Å². The second kappa shape index (κ2) is 6.58.